The van der Waals surface area contributed by atoms with Crippen LogP contribution in [0.3, 0.4) is 0 Å². The van der Waals surface area contributed by atoms with Gasteiger partial charge in [-0.3, -0.25) is 0 Å². The van der Waals surface area contributed by atoms with E-state index in [1.165, 1.54) is 19.1 Å². The maximum atomic E-state index is 11.7. The lowest BCUT2D eigenvalue weighted by molar-refractivity contribution is 0.599. The Balaban J connectivity index is 2.31. The monoisotopic (exact) mass is 256 g/mol. The molecule has 88 valence electrons. The van der Waals surface area contributed by atoms with Crippen molar-refractivity contribution in [2.45, 2.75) is 29.6 Å². The Labute approximate surface area is 101 Å². The molecular weight excluding hydrogens is 240 g/mol. The summed E-state index contributed by atoms with van der Waals surface area (Å²) in [5, 5.41) is 0. The van der Waals surface area contributed by atoms with E-state index >= 15 is 0 Å². The van der Waals surface area contributed by atoms with Crippen molar-refractivity contribution >= 4 is 21.6 Å². The summed E-state index contributed by atoms with van der Waals surface area (Å²) in [5.41, 5.74) is 1.06. The average molecular weight is 256 g/mol. The molecule has 0 aromatic heterocycles. The zero-order chi connectivity index (χ0) is 11.8. The first-order valence-corrected chi connectivity index (χ1v) is 8.28. The highest BCUT2D eigenvalue weighted by molar-refractivity contribution is 8.00. The van der Waals surface area contributed by atoms with Gasteiger partial charge in [-0.05, 0) is 37.3 Å². The highest BCUT2D eigenvalue weighted by atomic mass is 32.2. The molecule has 1 fully saturated rings. The van der Waals surface area contributed by atoms with Crippen LogP contribution in [0, 0.1) is 12.8 Å². The lowest BCUT2D eigenvalue weighted by Gasteiger charge is -2.10. The van der Waals surface area contributed by atoms with Crippen LogP contribution in [-0.4, -0.2) is 20.4 Å². The molecule has 0 saturated heterocycles. The molecular formula is C12H16O2S2. The first-order chi connectivity index (χ1) is 7.48. The molecule has 2 nitrogen and oxygen atoms in total. The van der Waals surface area contributed by atoms with Crippen LogP contribution in [0.15, 0.2) is 28.0 Å². The Hall–Kier alpha value is -0.480. The van der Waals surface area contributed by atoms with Gasteiger partial charge in [0.1, 0.15) is 0 Å². The predicted molar refractivity (Wildman–Crippen MR) is 67.7 cm³/mol. The molecule has 0 bridgehead atoms. The molecule has 0 heterocycles. The third kappa shape index (κ3) is 2.80. The molecule has 1 saturated carbocycles. The van der Waals surface area contributed by atoms with Crippen LogP contribution in [-0.2, 0) is 9.84 Å². The van der Waals surface area contributed by atoms with Crippen LogP contribution in [0.5, 0.6) is 0 Å². The number of rotatable bonds is 4. The molecule has 2 rings (SSSR count). The third-order valence-electron chi connectivity index (χ3n) is 2.74. The maximum Gasteiger partial charge on any atom is 0.176 e. The van der Waals surface area contributed by atoms with Crippen molar-refractivity contribution in [1.82, 2.24) is 0 Å². The molecule has 16 heavy (non-hydrogen) atoms. The average Bonchev–Trinajstić information content (AvgIpc) is 2.97. The Morgan fingerprint density at radius 1 is 1.38 bits per heavy atom. The van der Waals surface area contributed by atoms with Crippen LogP contribution in [0.25, 0.3) is 0 Å². The molecule has 1 aliphatic rings. The van der Waals surface area contributed by atoms with Gasteiger partial charge in [-0.1, -0.05) is 12.1 Å². The van der Waals surface area contributed by atoms with Gasteiger partial charge in [0.25, 0.3) is 0 Å². The third-order valence-corrected chi connectivity index (χ3v) is 5.47. The maximum absolute atomic E-state index is 11.7. The fourth-order valence-corrected chi connectivity index (χ4v) is 4.28. The van der Waals surface area contributed by atoms with Crippen molar-refractivity contribution < 1.29 is 8.42 Å². The summed E-state index contributed by atoms with van der Waals surface area (Å²) in [4.78, 5) is 1.43. The van der Waals surface area contributed by atoms with Gasteiger partial charge >= 0.3 is 0 Å². The van der Waals surface area contributed by atoms with E-state index in [4.69, 9.17) is 0 Å². The molecule has 0 N–H and O–H groups in total. The molecule has 0 aliphatic heterocycles. The van der Waals surface area contributed by atoms with Gasteiger partial charge < -0.3 is 0 Å². The van der Waals surface area contributed by atoms with E-state index in [-0.39, 0.29) is 0 Å². The van der Waals surface area contributed by atoms with Gasteiger partial charge in [0, 0.05) is 16.9 Å². The summed E-state index contributed by atoms with van der Waals surface area (Å²) >= 11 is 1.69. The first kappa shape index (κ1) is 12.0. The van der Waals surface area contributed by atoms with E-state index in [1.54, 1.807) is 17.8 Å². The van der Waals surface area contributed by atoms with Gasteiger partial charge in [0.15, 0.2) is 9.84 Å². The summed E-state index contributed by atoms with van der Waals surface area (Å²) in [5.74, 6) is 1.85. The standard InChI is InChI=1S/C12H16O2S2/c1-9-4-3-5-11(16(2,13)14)12(9)15-8-10-6-7-10/h3-5,10H,6-8H2,1-2H3. The van der Waals surface area contributed by atoms with Gasteiger partial charge in [-0.25, -0.2) is 8.42 Å². The van der Waals surface area contributed by atoms with E-state index in [2.05, 4.69) is 0 Å². The zero-order valence-electron chi connectivity index (χ0n) is 9.56. The van der Waals surface area contributed by atoms with E-state index in [9.17, 15) is 8.42 Å². The lowest BCUT2D eigenvalue weighted by Crippen LogP contribution is -2.01. The number of hydrogen-bond donors (Lipinski definition) is 0. The molecule has 0 amide bonds. The van der Waals surface area contributed by atoms with Crippen LogP contribution in [0.1, 0.15) is 18.4 Å². The fraction of sp³-hybridized carbons (Fsp3) is 0.500. The van der Waals surface area contributed by atoms with Crippen molar-refractivity contribution in [2.75, 3.05) is 12.0 Å². The number of thioether (sulfide) groups is 1. The topological polar surface area (TPSA) is 34.1 Å². The number of sulfone groups is 1. The summed E-state index contributed by atoms with van der Waals surface area (Å²) in [6, 6.07) is 5.49. The fourth-order valence-electron chi connectivity index (χ4n) is 1.59. The number of hydrogen-bond acceptors (Lipinski definition) is 3. The Morgan fingerprint density at radius 3 is 2.62 bits per heavy atom. The second-order valence-corrected chi connectivity index (χ2v) is 7.44. The largest absolute Gasteiger partial charge is 0.224 e. The lowest BCUT2D eigenvalue weighted by atomic mass is 10.2. The Bertz CT molecular complexity index is 488. The van der Waals surface area contributed by atoms with Crippen LogP contribution in [0.4, 0.5) is 0 Å². The molecule has 0 unspecified atom stereocenters. The van der Waals surface area contributed by atoms with Crippen LogP contribution in [0.2, 0.25) is 0 Å². The number of benzene rings is 1. The minimum atomic E-state index is -3.10. The molecule has 0 atom stereocenters. The number of aryl methyl sites for hydroxylation is 1. The molecule has 1 aliphatic carbocycles. The highest BCUT2D eigenvalue weighted by Gasteiger charge is 2.23. The molecule has 4 heteroatoms. The van der Waals surface area contributed by atoms with Crippen molar-refractivity contribution in [1.29, 1.82) is 0 Å². The molecule has 1 aromatic rings. The normalized spacial score (nSPS) is 16.4. The Kier molecular flexibility index (Phi) is 3.31. The molecule has 1 aromatic carbocycles. The van der Waals surface area contributed by atoms with E-state index < -0.39 is 9.84 Å². The predicted octanol–water partition coefficient (Wildman–Crippen LogP) is 2.90. The summed E-state index contributed by atoms with van der Waals surface area (Å²) < 4.78 is 23.3. The van der Waals surface area contributed by atoms with E-state index in [0.717, 1.165) is 22.1 Å². The quantitative estimate of drug-likeness (QED) is 0.777. The minimum absolute atomic E-state index is 0.484. The van der Waals surface area contributed by atoms with Gasteiger partial charge in [-0.15, -0.1) is 11.8 Å². The second kappa shape index (κ2) is 4.41. The Morgan fingerprint density at radius 2 is 2.06 bits per heavy atom. The van der Waals surface area contributed by atoms with Crippen molar-refractivity contribution in [3.63, 3.8) is 0 Å². The van der Waals surface area contributed by atoms with E-state index in [1.807, 2.05) is 19.1 Å². The minimum Gasteiger partial charge on any atom is -0.224 e. The molecule has 0 radical (unpaired) electrons. The SMILES string of the molecule is Cc1cccc(S(C)(=O)=O)c1SCC1CC1. The van der Waals surface area contributed by atoms with Gasteiger partial charge in [0.2, 0.25) is 0 Å². The van der Waals surface area contributed by atoms with Crippen molar-refractivity contribution in [3.8, 4) is 0 Å². The summed E-state index contributed by atoms with van der Waals surface area (Å²) in [6.07, 6.45) is 3.88. The van der Waals surface area contributed by atoms with Crippen molar-refractivity contribution in [2.24, 2.45) is 5.92 Å². The summed E-state index contributed by atoms with van der Waals surface area (Å²) in [7, 11) is -3.10. The van der Waals surface area contributed by atoms with E-state index in [0.29, 0.717) is 4.90 Å². The zero-order valence-corrected chi connectivity index (χ0v) is 11.2. The smallest absolute Gasteiger partial charge is 0.176 e. The van der Waals surface area contributed by atoms with Gasteiger partial charge in [-0.2, -0.15) is 0 Å². The van der Waals surface area contributed by atoms with Crippen LogP contribution < -0.4 is 0 Å². The second-order valence-electron chi connectivity index (χ2n) is 4.43. The van der Waals surface area contributed by atoms with Crippen LogP contribution >= 0.6 is 11.8 Å². The highest BCUT2D eigenvalue weighted by Crippen LogP contribution is 2.38. The first-order valence-electron chi connectivity index (χ1n) is 5.41. The summed E-state index contributed by atoms with van der Waals surface area (Å²) in [6.45, 7) is 1.98. The van der Waals surface area contributed by atoms with Crippen molar-refractivity contribution in [3.05, 3.63) is 23.8 Å². The van der Waals surface area contributed by atoms with Gasteiger partial charge in [0.05, 0.1) is 4.90 Å². The molecule has 0 spiro atoms.